The standard InChI is InChI=1S/C14H15N3O3/c1-2-8-17(10-13(18)19)9-12-15-14(20-16-12)11-6-4-3-5-7-11/h2-7H,1,8-10H2,(H,18,19). The Morgan fingerprint density at radius 2 is 2.15 bits per heavy atom. The molecule has 1 aromatic carbocycles. The van der Waals surface area contributed by atoms with Crippen molar-refractivity contribution in [2.24, 2.45) is 0 Å². The molecule has 0 bridgehead atoms. The van der Waals surface area contributed by atoms with Gasteiger partial charge in [-0.1, -0.05) is 29.4 Å². The van der Waals surface area contributed by atoms with E-state index in [2.05, 4.69) is 16.7 Å². The molecule has 0 aliphatic carbocycles. The highest BCUT2D eigenvalue weighted by Gasteiger charge is 2.14. The molecule has 0 aliphatic rings. The number of aliphatic carboxylic acids is 1. The van der Waals surface area contributed by atoms with Crippen LogP contribution in [0.4, 0.5) is 0 Å². The Bertz CT molecular complexity index is 580. The fourth-order valence-electron chi connectivity index (χ4n) is 1.78. The Labute approximate surface area is 116 Å². The van der Waals surface area contributed by atoms with Crippen LogP contribution in [-0.4, -0.2) is 39.2 Å². The van der Waals surface area contributed by atoms with Crippen molar-refractivity contribution in [1.82, 2.24) is 15.0 Å². The van der Waals surface area contributed by atoms with Gasteiger partial charge in [0.25, 0.3) is 5.89 Å². The number of hydrogen-bond acceptors (Lipinski definition) is 5. The van der Waals surface area contributed by atoms with Crippen LogP contribution in [0.5, 0.6) is 0 Å². The fourth-order valence-corrected chi connectivity index (χ4v) is 1.78. The molecule has 0 atom stereocenters. The van der Waals surface area contributed by atoms with Crippen LogP contribution in [0, 0.1) is 0 Å². The summed E-state index contributed by atoms with van der Waals surface area (Å²) in [6.07, 6.45) is 1.64. The van der Waals surface area contributed by atoms with Gasteiger partial charge in [-0.2, -0.15) is 4.98 Å². The molecule has 6 heteroatoms. The van der Waals surface area contributed by atoms with Crippen LogP contribution in [0.1, 0.15) is 5.82 Å². The van der Waals surface area contributed by atoms with Crippen molar-refractivity contribution in [2.75, 3.05) is 13.1 Å². The Kier molecular flexibility index (Phi) is 4.62. The van der Waals surface area contributed by atoms with E-state index in [9.17, 15) is 4.79 Å². The summed E-state index contributed by atoms with van der Waals surface area (Å²) in [6.45, 7) is 4.25. The van der Waals surface area contributed by atoms with Gasteiger partial charge in [0.1, 0.15) is 0 Å². The number of carboxylic acid groups (broad SMARTS) is 1. The average molecular weight is 273 g/mol. The molecule has 0 radical (unpaired) electrons. The van der Waals surface area contributed by atoms with Gasteiger partial charge < -0.3 is 9.63 Å². The summed E-state index contributed by atoms with van der Waals surface area (Å²) in [6, 6.07) is 9.41. The monoisotopic (exact) mass is 273 g/mol. The van der Waals surface area contributed by atoms with Crippen LogP contribution in [-0.2, 0) is 11.3 Å². The number of benzene rings is 1. The van der Waals surface area contributed by atoms with Crippen LogP contribution in [0.15, 0.2) is 47.5 Å². The normalized spacial score (nSPS) is 10.7. The number of carboxylic acids is 1. The zero-order valence-electron chi connectivity index (χ0n) is 10.9. The molecular formula is C14H15N3O3. The maximum Gasteiger partial charge on any atom is 0.317 e. The molecule has 0 fully saturated rings. The van der Waals surface area contributed by atoms with E-state index in [-0.39, 0.29) is 6.54 Å². The number of aromatic nitrogens is 2. The second kappa shape index (κ2) is 6.63. The lowest BCUT2D eigenvalue weighted by Crippen LogP contribution is -2.29. The predicted molar refractivity (Wildman–Crippen MR) is 72.8 cm³/mol. The van der Waals surface area contributed by atoms with E-state index in [0.717, 1.165) is 5.56 Å². The summed E-state index contributed by atoms with van der Waals surface area (Å²) in [5.74, 6) is -0.0277. The summed E-state index contributed by atoms with van der Waals surface area (Å²) in [5.41, 5.74) is 0.833. The molecule has 2 rings (SSSR count). The molecule has 2 aromatic rings. The zero-order chi connectivity index (χ0) is 14.4. The fraction of sp³-hybridized carbons (Fsp3) is 0.214. The van der Waals surface area contributed by atoms with E-state index in [1.54, 1.807) is 11.0 Å². The van der Waals surface area contributed by atoms with Crippen molar-refractivity contribution in [3.8, 4) is 11.5 Å². The van der Waals surface area contributed by atoms with Gasteiger partial charge in [-0.05, 0) is 12.1 Å². The smallest absolute Gasteiger partial charge is 0.317 e. The predicted octanol–water partition coefficient (Wildman–Crippen LogP) is 1.81. The van der Waals surface area contributed by atoms with Crippen molar-refractivity contribution in [3.63, 3.8) is 0 Å². The highest BCUT2D eigenvalue weighted by molar-refractivity contribution is 5.69. The van der Waals surface area contributed by atoms with Gasteiger partial charge in [0.15, 0.2) is 5.82 Å². The molecule has 6 nitrogen and oxygen atoms in total. The van der Waals surface area contributed by atoms with Crippen molar-refractivity contribution in [3.05, 3.63) is 48.8 Å². The second-order valence-electron chi connectivity index (χ2n) is 4.23. The first-order chi connectivity index (χ1) is 9.69. The zero-order valence-corrected chi connectivity index (χ0v) is 10.9. The topological polar surface area (TPSA) is 79.5 Å². The molecule has 0 amide bonds. The van der Waals surface area contributed by atoms with Gasteiger partial charge in [-0.3, -0.25) is 9.69 Å². The van der Waals surface area contributed by atoms with Gasteiger partial charge >= 0.3 is 5.97 Å². The third kappa shape index (κ3) is 3.76. The minimum absolute atomic E-state index is 0.0960. The molecule has 1 heterocycles. The summed E-state index contributed by atoms with van der Waals surface area (Å²) in [5, 5.41) is 12.7. The number of hydrogen-bond donors (Lipinski definition) is 1. The maximum atomic E-state index is 10.8. The first-order valence-corrected chi connectivity index (χ1v) is 6.12. The lowest BCUT2D eigenvalue weighted by atomic mass is 10.2. The van der Waals surface area contributed by atoms with Crippen molar-refractivity contribution in [1.29, 1.82) is 0 Å². The molecule has 0 spiro atoms. The Morgan fingerprint density at radius 3 is 2.80 bits per heavy atom. The van der Waals surface area contributed by atoms with Gasteiger partial charge in [0.05, 0.1) is 13.1 Å². The number of nitrogens with zero attached hydrogens (tertiary/aromatic N) is 3. The Balaban J connectivity index is 2.08. The summed E-state index contributed by atoms with van der Waals surface area (Å²) in [4.78, 5) is 16.7. The molecule has 0 aliphatic heterocycles. The van der Waals surface area contributed by atoms with E-state index in [4.69, 9.17) is 9.63 Å². The van der Waals surface area contributed by atoms with Crippen LogP contribution in [0.2, 0.25) is 0 Å². The molecule has 1 N–H and O–H groups in total. The molecule has 0 saturated carbocycles. The quantitative estimate of drug-likeness (QED) is 0.775. The van der Waals surface area contributed by atoms with E-state index < -0.39 is 5.97 Å². The lowest BCUT2D eigenvalue weighted by molar-refractivity contribution is -0.138. The van der Waals surface area contributed by atoms with Gasteiger partial charge in [0.2, 0.25) is 0 Å². The molecule has 0 saturated heterocycles. The minimum Gasteiger partial charge on any atom is -0.480 e. The third-order valence-electron chi connectivity index (χ3n) is 2.60. The minimum atomic E-state index is -0.904. The Morgan fingerprint density at radius 1 is 1.40 bits per heavy atom. The highest BCUT2D eigenvalue weighted by atomic mass is 16.5. The largest absolute Gasteiger partial charge is 0.480 e. The lowest BCUT2D eigenvalue weighted by Gasteiger charge is -2.15. The third-order valence-corrected chi connectivity index (χ3v) is 2.60. The van der Waals surface area contributed by atoms with Gasteiger partial charge in [0, 0.05) is 12.1 Å². The Hall–Kier alpha value is -2.47. The summed E-state index contributed by atoms with van der Waals surface area (Å²) >= 11 is 0. The first kappa shape index (κ1) is 14.0. The van der Waals surface area contributed by atoms with Crippen molar-refractivity contribution < 1.29 is 14.4 Å². The van der Waals surface area contributed by atoms with Crippen LogP contribution >= 0.6 is 0 Å². The summed E-state index contributed by atoms with van der Waals surface area (Å²) < 4.78 is 5.17. The SMILES string of the molecule is C=CCN(CC(=O)O)Cc1noc(-c2ccccc2)n1. The molecule has 20 heavy (non-hydrogen) atoms. The van der Waals surface area contributed by atoms with Crippen LogP contribution in [0.3, 0.4) is 0 Å². The average Bonchev–Trinajstić information content (AvgIpc) is 2.88. The second-order valence-corrected chi connectivity index (χ2v) is 4.23. The number of carbonyl (C=O) groups is 1. The first-order valence-electron chi connectivity index (χ1n) is 6.12. The van der Waals surface area contributed by atoms with E-state index >= 15 is 0 Å². The molecule has 0 unspecified atom stereocenters. The van der Waals surface area contributed by atoms with Crippen LogP contribution in [0.25, 0.3) is 11.5 Å². The molecule has 104 valence electrons. The van der Waals surface area contributed by atoms with Gasteiger partial charge in [-0.15, -0.1) is 6.58 Å². The van der Waals surface area contributed by atoms with E-state index in [0.29, 0.717) is 24.8 Å². The number of rotatable bonds is 7. The molecular weight excluding hydrogens is 258 g/mol. The van der Waals surface area contributed by atoms with Gasteiger partial charge in [-0.25, -0.2) is 0 Å². The van der Waals surface area contributed by atoms with Crippen molar-refractivity contribution in [2.45, 2.75) is 6.54 Å². The van der Waals surface area contributed by atoms with E-state index in [1.165, 1.54) is 0 Å². The molecule has 1 aromatic heterocycles. The van der Waals surface area contributed by atoms with E-state index in [1.807, 2.05) is 30.3 Å². The summed E-state index contributed by atoms with van der Waals surface area (Å²) in [7, 11) is 0. The maximum absolute atomic E-state index is 10.8. The van der Waals surface area contributed by atoms with Crippen LogP contribution < -0.4 is 0 Å². The van der Waals surface area contributed by atoms with Crippen molar-refractivity contribution >= 4 is 5.97 Å². The highest BCUT2D eigenvalue weighted by Crippen LogP contribution is 2.16.